The Balaban J connectivity index is 2.56. The molecule has 2 rings (SSSR count). The largest absolute Gasteiger partial charge is 0.462 e. The summed E-state index contributed by atoms with van der Waals surface area (Å²) in [6.07, 6.45) is 0. The Bertz CT molecular complexity index is 507. The lowest BCUT2D eigenvalue weighted by molar-refractivity contribution is 0.0528. The Kier molecular flexibility index (Phi) is 2.60. The van der Waals surface area contributed by atoms with Crippen molar-refractivity contribution in [3.8, 4) is 0 Å². The Morgan fingerprint density at radius 2 is 2.40 bits per heavy atom. The Hall–Kier alpha value is -1.55. The van der Waals surface area contributed by atoms with Crippen LogP contribution in [-0.4, -0.2) is 22.8 Å². The quantitative estimate of drug-likeness (QED) is 0.797. The number of aromatic amines is 1. The van der Waals surface area contributed by atoms with Gasteiger partial charge in [0.25, 0.3) is 0 Å². The van der Waals surface area contributed by atoms with Gasteiger partial charge in [-0.1, -0.05) is 17.7 Å². The van der Waals surface area contributed by atoms with Crippen molar-refractivity contribution in [2.75, 3.05) is 6.61 Å². The van der Waals surface area contributed by atoms with Crippen molar-refractivity contribution >= 4 is 28.5 Å². The third-order valence-corrected chi connectivity index (χ3v) is 2.32. The topological polar surface area (TPSA) is 55.0 Å². The summed E-state index contributed by atoms with van der Waals surface area (Å²) in [6, 6.07) is 5.21. The van der Waals surface area contributed by atoms with E-state index in [4.69, 9.17) is 16.3 Å². The average Bonchev–Trinajstić information content (AvgIpc) is 2.61. The second kappa shape index (κ2) is 3.90. The summed E-state index contributed by atoms with van der Waals surface area (Å²) in [5.41, 5.74) is 0.971. The highest BCUT2D eigenvalue weighted by Crippen LogP contribution is 2.23. The van der Waals surface area contributed by atoms with Gasteiger partial charge >= 0.3 is 5.97 Å². The lowest BCUT2D eigenvalue weighted by Gasteiger charge is -2.01. The van der Waals surface area contributed by atoms with Crippen LogP contribution in [0.2, 0.25) is 5.15 Å². The summed E-state index contributed by atoms with van der Waals surface area (Å²) < 4.78 is 4.91. The molecule has 0 fully saturated rings. The highest BCUT2D eigenvalue weighted by molar-refractivity contribution is 6.34. The van der Waals surface area contributed by atoms with Crippen LogP contribution < -0.4 is 0 Å². The molecule has 1 N–H and O–H groups in total. The molecule has 1 heterocycles. The molecule has 1 aromatic carbocycles. The number of hydrogen-bond acceptors (Lipinski definition) is 3. The zero-order valence-corrected chi connectivity index (χ0v) is 8.84. The number of halogens is 1. The first-order valence-electron chi connectivity index (χ1n) is 4.53. The van der Waals surface area contributed by atoms with E-state index in [1.165, 1.54) is 0 Å². The smallest absolute Gasteiger partial charge is 0.340 e. The highest BCUT2D eigenvalue weighted by atomic mass is 35.5. The molecular weight excluding hydrogens is 216 g/mol. The number of aromatic nitrogens is 2. The van der Waals surface area contributed by atoms with Crippen LogP contribution in [-0.2, 0) is 4.74 Å². The molecule has 78 valence electrons. The minimum Gasteiger partial charge on any atom is -0.462 e. The van der Waals surface area contributed by atoms with E-state index in [9.17, 15) is 4.79 Å². The van der Waals surface area contributed by atoms with Crippen molar-refractivity contribution in [2.45, 2.75) is 6.92 Å². The summed E-state index contributed by atoms with van der Waals surface area (Å²) in [5.74, 6) is -0.383. The lowest BCUT2D eigenvalue weighted by Crippen LogP contribution is -2.05. The number of hydrogen-bond donors (Lipinski definition) is 1. The van der Waals surface area contributed by atoms with Gasteiger partial charge in [0.15, 0.2) is 0 Å². The fourth-order valence-electron chi connectivity index (χ4n) is 1.38. The van der Waals surface area contributed by atoms with Crippen LogP contribution in [0, 0.1) is 0 Å². The molecule has 2 aromatic rings. The molecule has 0 amide bonds. The van der Waals surface area contributed by atoms with E-state index in [1.807, 2.05) is 0 Å². The molecule has 0 aliphatic rings. The molecule has 0 aliphatic heterocycles. The second-order valence-corrected chi connectivity index (χ2v) is 3.34. The monoisotopic (exact) mass is 224 g/mol. The molecule has 0 radical (unpaired) electrons. The summed E-state index contributed by atoms with van der Waals surface area (Å²) in [7, 11) is 0. The molecule has 1 aromatic heterocycles. The molecule has 0 saturated heterocycles. The van der Waals surface area contributed by atoms with Gasteiger partial charge in [0.05, 0.1) is 12.2 Å². The van der Waals surface area contributed by atoms with Crippen molar-refractivity contribution in [1.29, 1.82) is 0 Å². The van der Waals surface area contributed by atoms with Gasteiger partial charge in [0, 0.05) is 5.39 Å². The molecule has 0 atom stereocenters. The van der Waals surface area contributed by atoms with Crippen molar-refractivity contribution in [1.82, 2.24) is 10.2 Å². The van der Waals surface area contributed by atoms with E-state index in [2.05, 4.69) is 10.2 Å². The molecule has 4 nitrogen and oxygen atoms in total. The number of H-pyrrole nitrogens is 1. The van der Waals surface area contributed by atoms with Gasteiger partial charge in [0.2, 0.25) is 0 Å². The Labute approximate surface area is 91.2 Å². The maximum Gasteiger partial charge on any atom is 0.340 e. The number of esters is 1. The van der Waals surface area contributed by atoms with Crippen LogP contribution in [0.15, 0.2) is 18.2 Å². The number of para-hydroxylation sites is 1. The zero-order chi connectivity index (χ0) is 10.8. The van der Waals surface area contributed by atoms with Gasteiger partial charge < -0.3 is 4.74 Å². The number of carbonyl (C=O) groups excluding carboxylic acids is 1. The lowest BCUT2D eigenvalue weighted by atomic mass is 10.1. The molecule has 0 saturated carbocycles. The van der Waals surface area contributed by atoms with Crippen LogP contribution in [0.4, 0.5) is 0 Å². The van der Waals surface area contributed by atoms with E-state index in [1.54, 1.807) is 25.1 Å². The van der Waals surface area contributed by atoms with Gasteiger partial charge in [-0.15, -0.1) is 0 Å². The maximum atomic E-state index is 11.5. The number of benzene rings is 1. The van der Waals surface area contributed by atoms with E-state index >= 15 is 0 Å². The van der Waals surface area contributed by atoms with Crippen LogP contribution in [0.25, 0.3) is 10.9 Å². The molecule has 15 heavy (non-hydrogen) atoms. The van der Waals surface area contributed by atoms with Crippen LogP contribution in [0.3, 0.4) is 0 Å². The normalized spacial score (nSPS) is 10.5. The number of nitrogens with zero attached hydrogens (tertiary/aromatic N) is 1. The summed E-state index contributed by atoms with van der Waals surface area (Å²) >= 11 is 5.86. The minimum atomic E-state index is -0.383. The van der Waals surface area contributed by atoms with E-state index in [0.717, 1.165) is 5.39 Å². The zero-order valence-electron chi connectivity index (χ0n) is 8.08. The van der Waals surface area contributed by atoms with Gasteiger partial charge in [-0.05, 0) is 19.1 Å². The van der Waals surface area contributed by atoms with Gasteiger partial charge in [-0.25, -0.2) is 4.79 Å². The van der Waals surface area contributed by atoms with E-state index < -0.39 is 0 Å². The molecule has 5 heteroatoms. The predicted molar refractivity (Wildman–Crippen MR) is 57.1 cm³/mol. The van der Waals surface area contributed by atoms with Crippen molar-refractivity contribution < 1.29 is 9.53 Å². The third-order valence-electron chi connectivity index (χ3n) is 2.03. The van der Waals surface area contributed by atoms with E-state index in [0.29, 0.717) is 22.8 Å². The predicted octanol–water partition coefficient (Wildman–Crippen LogP) is 2.39. The van der Waals surface area contributed by atoms with Crippen LogP contribution in [0.5, 0.6) is 0 Å². The first-order valence-corrected chi connectivity index (χ1v) is 4.91. The first-order chi connectivity index (χ1) is 7.24. The van der Waals surface area contributed by atoms with Gasteiger partial charge in [-0.3, -0.25) is 5.10 Å². The number of carbonyl (C=O) groups is 1. The first kappa shape index (κ1) is 9.98. The Morgan fingerprint density at radius 3 is 3.13 bits per heavy atom. The van der Waals surface area contributed by atoms with Gasteiger partial charge in [-0.2, -0.15) is 5.10 Å². The van der Waals surface area contributed by atoms with Crippen molar-refractivity contribution in [3.63, 3.8) is 0 Å². The Morgan fingerprint density at radius 1 is 1.60 bits per heavy atom. The fourth-order valence-corrected chi connectivity index (χ4v) is 1.57. The van der Waals surface area contributed by atoms with Crippen LogP contribution >= 0.6 is 11.6 Å². The molecule has 0 aliphatic carbocycles. The minimum absolute atomic E-state index is 0.341. The van der Waals surface area contributed by atoms with Crippen LogP contribution in [0.1, 0.15) is 17.3 Å². The summed E-state index contributed by atoms with van der Waals surface area (Å²) in [5, 5.41) is 7.74. The maximum absolute atomic E-state index is 11.5. The highest BCUT2D eigenvalue weighted by Gasteiger charge is 2.14. The van der Waals surface area contributed by atoms with E-state index in [-0.39, 0.29) is 5.97 Å². The average molecular weight is 225 g/mol. The number of nitrogens with one attached hydrogen (secondary N) is 1. The van der Waals surface area contributed by atoms with Crippen molar-refractivity contribution in [2.24, 2.45) is 0 Å². The molecule has 0 spiro atoms. The second-order valence-electron chi connectivity index (χ2n) is 2.96. The molecule has 0 bridgehead atoms. The summed E-state index contributed by atoms with van der Waals surface area (Å²) in [4.78, 5) is 11.5. The number of rotatable bonds is 2. The van der Waals surface area contributed by atoms with Crippen molar-refractivity contribution in [3.05, 3.63) is 28.9 Å². The molecule has 0 unspecified atom stereocenters. The SMILES string of the molecule is CCOC(=O)c1cccc2c(Cl)[nH]nc12. The molecular formula is C10H9ClN2O2. The number of ether oxygens (including phenoxy) is 1. The van der Waals surface area contributed by atoms with Gasteiger partial charge in [0.1, 0.15) is 10.7 Å². The fraction of sp³-hybridized carbons (Fsp3) is 0.200. The number of fused-ring (bicyclic) bond motifs is 1. The third kappa shape index (κ3) is 1.68. The standard InChI is InChI=1S/C10H9ClN2O2/c1-2-15-10(14)7-5-3-4-6-8(7)12-13-9(6)11/h3-5H,2H2,1H3,(H,12,13). The summed E-state index contributed by atoms with van der Waals surface area (Å²) in [6.45, 7) is 2.10.